The van der Waals surface area contributed by atoms with Gasteiger partial charge in [-0.3, -0.25) is 4.79 Å². The van der Waals surface area contributed by atoms with Gasteiger partial charge in [-0.15, -0.1) is 0 Å². The Morgan fingerprint density at radius 3 is 2.50 bits per heavy atom. The van der Waals surface area contributed by atoms with Gasteiger partial charge in [0.2, 0.25) is 0 Å². The van der Waals surface area contributed by atoms with Crippen molar-refractivity contribution in [1.29, 1.82) is 0 Å². The average Bonchev–Trinajstić information content (AvgIpc) is 2.61. The van der Waals surface area contributed by atoms with Crippen molar-refractivity contribution in [3.05, 3.63) is 0 Å². The molecule has 5 nitrogen and oxygen atoms in total. The van der Waals surface area contributed by atoms with Crippen molar-refractivity contribution in [2.24, 2.45) is 11.7 Å². The second-order valence-electron chi connectivity index (χ2n) is 4.44. The molecule has 16 heavy (non-hydrogen) atoms. The summed E-state index contributed by atoms with van der Waals surface area (Å²) >= 11 is 0. The molecule has 0 spiro atoms. The number of hydrogen-bond donors (Lipinski definition) is 1. The van der Waals surface area contributed by atoms with Crippen LogP contribution in [0.4, 0.5) is 0 Å². The van der Waals surface area contributed by atoms with E-state index in [-0.39, 0.29) is 29.9 Å². The molecular weight excluding hydrogens is 230 g/mol. The Morgan fingerprint density at radius 2 is 2.06 bits per heavy atom. The summed E-state index contributed by atoms with van der Waals surface area (Å²) in [6.45, 7) is 3.93. The van der Waals surface area contributed by atoms with E-state index in [0.717, 1.165) is 0 Å². The molecule has 1 heterocycles. The number of nitrogens with two attached hydrogens (primary N) is 1. The van der Waals surface area contributed by atoms with Crippen LogP contribution in [-0.4, -0.2) is 44.5 Å². The Labute approximate surface area is 96.3 Å². The molecule has 0 saturated carbocycles. The number of hydrogen-bond acceptors (Lipinski definition) is 5. The molecule has 0 amide bonds. The molecule has 1 fully saturated rings. The highest BCUT2D eigenvalue weighted by atomic mass is 32.2. The normalized spacial score (nSPS) is 26.2. The van der Waals surface area contributed by atoms with Gasteiger partial charge < -0.3 is 10.5 Å². The van der Waals surface area contributed by atoms with E-state index in [1.54, 1.807) is 13.8 Å². The molecule has 1 aliphatic heterocycles. The van der Waals surface area contributed by atoms with Crippen LogP contribution < -0.4 is 5.73 Å². The third-order valence-corrected chi connectivity index (χ3v) is 5.10. The molecule has 94 valence electrons. The first-order valence-corrected chi connectivity index (χ1v) is 7.13. The Kier molecular flexibility index (Phi) is 4.46. The first-order valence-electron chi connectivity index (χ1n) is 5.42. The molecule has 2 unspecified atom stereocenters. The van der Waals surface area contributed by atoms with Crippen LogP contribution in [0.5, 0.6) is 0 Å². The number of ketones is 1. The van der Waals surface area contributed by atoms with Gasteiger partial charge in [0, 0.05) is 12.5 Å². The van der Waals surface area contributed by atoms with Crippen LogP contribution in [-0.2, 0) is 19.4 Å². The summed E-state index contributed by atoms with van der Waals surface area (Å²) in [7, 11) is -3.14. The van der Waals surface area contributed by atoms with Gasteiger partial charge in [0.15, 0.2) is 9.84 Å². The fourth-order valence-corrected chi connectivity index (χ4v) is 2.52. The molecule has 0 aliphatic carbocycles. The molecule has 1 aliphatic rings. The molecule has 2 N–H and O–H groups in total. The van der Waals surface area contributed by atoms with Gasteiger partial charge in [-0.1, -0.05) is 0 Å². The zero-order valence-corrected chi connectivity index (χ0v) is 10.5. The predicted octanol–water partition coefficient (Wildman–Crippen LogP) is -0.257. The van der Waals surface area contributed by atoms with E-state index in [2.05, 4.69) is 0 Å². The molecule has 6 heteroatoms. The van der Waals surface area contributed by atoms with Gasteiger partial charge >= 0.3 is 0 Å². The van der Waals surface area contributed by atoms with Gasteiger partial charge in [-0.2, -0.15) is 0 Å². The average molecular weight is 249 g/mol. The Morgan fingerprint density at radius 1 is 1.44 bits per heavy atom. The lowest BCUT2D eigenvalue weighted by Gasteiger charge is -2.12. The predicted molar refractivity (Wildman–Crippen MR) is 60.8 cm³/mol. The molecule has 0 aromatic heterocycles. The lowest BCUT2D eigenvalue weighted by molar-refractivity contribution is -0.122. The monoisotopic (exact) mass is 249 g/mol. The van der Waals surface area contributed by atoms with Gasteiger partial charge in [-0.05, 0) is 13.8 Å². The van der Waals surface area contributed by atoms with Crippen LogP contribution in [0.25, 0.3) is 0 Å². The number of carbonyl (C=O) groups excluding carboxylic acids is 1. The first-order chi connectivity index (χ1) is 7.34. The molecule has 0 aromatic rings. The largest absolute Gasteiger partial charge is 0.379 e. The third kappa shape index (κ3) is 3.26. The standard InChI is InChI=1S/C10H19NO4S/c1-7(2)16(13,14)4-3-10(12)8-5-15-6-9(8)11/h7-9H,3-6,11H2,1-2H3. The zero-order chi connectivity index (χ0) is 12.3. The van der Waals surface area contributed by atoms with E-state index in [1.165, 1.54) is 0 Å². The molecule has 0 aromatic carbocycles. The smallest absolute Gasteiger partial charge is 0.153 e. The number of carbonyl (C=O) groups is 1. The van der Waals surface area contributed by atoms with Crippen molar-refractivity contribution < 1.29 is 17.9 Å². The van der Waals surface area contributed by atoms with Crippen molar-refractivity contribution >= 4 is 15.6 Å². The van der Waals surface area contributed by atoms with E-state index in [4.69, 9.17) is 10.5 Å². The lowest BCUT2D eigenvalue weighted by atomic mass is 9.98. The summed E-state index contributed by atoms with van der Waals surface area (Å²) in [6.07, 6.45) is 0.0439. The van der Waals surface area contributed by atoms with Crippen molar-refractivity contribution in [3.63, 3.8) is 0 Å². The molecule has 1 saturated heterocycles. The fourth-order valence-electron chi connectivity index (χ4n) is 1.57. The quantitative estimate of drug-likeness (QED) is 0.725. The van der Waals surface area contributed by atoms with Gasteiger partial charge in [0.25, 0.3) is 0 Å². The summed E-state index contributed by atoms with van der Waals surface area (Å²) < 4.78 is 28.1. The van der Waals surface area contributed by atoms with Gasteiger partial charge in [0.1, 0.15) is 5.78 Å². The number of ether oxygens (including phenoxy) is 1. The van der Waals surface area contributed by atoms with Crippen LogP contribution in [0.1, 0.15) is 20.3 Å². The second kappa shape index (κ2) is 5.25. The minimum absolute atomic E-state index is 0.0439. The lowest BCUT2D eigenvalue weighted by Crippen LogP contribution is -2.35. The maximum atomic E-state index is 11.7. The van der Waals surface area contributed by atoms with E-state index in [9.17, 15) is 13.2 Å². The second-order valence-corrected chi connectivity index (χ2v) is 7.12. The summed E-state index contributed by atoms with van der Waals surface area (Å²) in [5.74, 6) is -0.524. The van der Waals surface area contributed by atoms with E-state index in [1.807, 2.05) is 0 Å². The summed E-state index contributed by atoms with van der Waals surface area (Å²) in [5.41, 5.74) is 5.68. The SMILES string of the molecule is CC(C)S(=O)(=O)CCC(=O)C1COCC1N. The number of Topliss-reactive ketones (excluding diaryl/α,β-unsaturated/α-hetero) is 1. The molecule has 2 atom stereocenters. The minimum Gasteiger partial charge on any atom is -0.379 e. The first kappa shape index (κ1) is 13.6. The van der Waals surface area contributed by atoms with Crippen LogP contribution in [0, 0.1) is 5.92 Å². The Bertz CT molecular complexity index is 350. The van der Waals surface area contributed by atoms with E-state index >= 15 is 0 Å². The maximum absolute atomic E-state index is 11.7. The summed E-state index contributed by atoms with van der Waals surface area (Å²) in [6, 6.07) is -0.283. The van der Waals surface area contributed by atoms with E-state index in [0.29, 0.717) is 13.2 Å². The number of rotatable bonds is 5. The van der Waals surface area contributed by atoms with E-state index < -0.39 is 15.1 Å². The highest BCUT2D eigenvalue weighted by Crippen LogP contribution is 2.15. The van der Waals surface area contributed by atoms with Crippen LogP contribution in [0.2, 0.25) is 0 Å². The Balaban J connectivity index is 2.47. The minimum atomic E-state index is -3.14. The highest BCUT2D eigenvalue weighted by molar-refractivity contribution is 7.91. The molecular formula is C10H19NO4S. The van der Waals surface area contributed by atoms with Gasteiger partial charge in [-0.25, -0.2) is 8.42 Å². The van der Waals surface area contributed by atoms with Crippen molar-refractivity contribution in [2.45, 2.75) is 31.6 Å². The van der Waals surface area contributed by atoms with Crippen molar-refractivity contribution in [1.82, 2.24) is 0 Å². The van der Waals surface area contributed by atoms with Crippen molar-refractivity contribution in [2.75, 3.05) is 19.0 Å². The van der Waals surface area contributed by atoms with Crippen LogP contribution >= 0.6 is 0 Å². The topological polar surface area (TPSA) is 86.5 Å². The van der Waals surface area contributed by atoms with Crippen molar-refractivity contribution in [3.8, 4) is 0 Å². The molecule has 1 rings (SSSR count). The summed E-state index contributed by atoms with van der Waals surface area (Å²) in [4.78, 5) is 11.7. The Hall–Kier alpha value is -0.460. The highest BCUT2D eigenvalue weighted by Gasteiger charge is 2.31. The number of sulfone groups is 1. The van der Waals surface area contributed by atoms with Crippen LogP contribution in [0.3, 0.4) is 0 Å². The molecule has 0 radical (unpaired) electrons. The van der Waals surface area contributed by atoms with Crippen LogP contribution in [0.15, 0.2) is 0 Å². The fraction of sp³-hybridized carbons (Fsp3) is 0.900. The third-order valence-electron chi connectivity index (χ3n) is 2.89. The maximum Gasteiger partial charge on any atom is 0.153 e. The summed E-state index contributed by atoms with van der Waals surface area (Å²) in [5, 5.41) is -0.436. The zero-order valence-electron chi connectivity index (χ0n) is 9.68. The van der Waals surface area contributed by atoms with Gasteiger partial charge in [0.05, 0.1) is 30.1 Å². The molecule has 0 bridgehead atoms.